The molecule has 1 N–H and O–H groups in total. The van der Waals surface area contributed by atoms with Crippen molar-refractivity contribution in [3.8, 4) is 5.75 Å². The van der Waals surface area contributed by atoms with Crippen LogP contribution >= 0.6 is 0 Å². The Labute approximate surface area is 89.7 Å². The summed E-state index contributed by atoms with van der Waals surface area (Å²) >= 11 is 0. The predicted molar refractivity (Wildman–Crippen MR) is 58.3 cm³/mol. The molecule has 1 rings (SSSR count). The third-order valence-corrected chi connectivity index (χ3v) is 2.50. The topological polar surface area (TPSA) is 46.5 Å². The monoisotopic (exact) mass is 208 g/mol. The summed E-state index contributed by atoms with van der Waals surface area (Å²) in [6.45, 7) is 2.00. The molecule has 15 heavy (non-hydrogen) atoms. The van der Waals surface area contributed by atoms with Crippen LogP contribution in [0.5, 0.6) is 5.75 Å². The fraction of sp³-hybridized carbons (Fsp3) is 0.417. The number of hydrogen-bond acceptors (Lipinski definition) is 2. The molecule has 0 radical (unpaired) electrons. The smallest absolute Gasteiger partial charge is 0.303 e. The second-order valence-corrected chi connectivity index (χ2v) is 3.48. The fourth-order valence-corrected chi connectivity index (χ4v) is 1.58. The minimum Gasteiger partial charge on any atom is -0.497 e. The van der Waals surface area contributed by atoms with Crippen LogP contribution in [0.1, 0.15) is 31.2 Å². The molecule has 82 valence electrons. The molecular weight excluding hydrogens is 192 g/mol. The Morgan fingerprint density at radius 1 is 1.40 bits per heavy atom. The lowest BCUT2D eigenvalue weighted by Crippen LogP contribution is -2.05. The first-order chi connectivity index (χ1) is 7.17. The van der Waals surface area contributed by atoms with Gasteiger partial charge in [-0.2, -0.15) is 0 Å². The van der Waals surface area contributed by atoms with Gasteiger partial charge in [0.2, 0.25) is 0 Å². The lowest BCUT2D eigenvalue weighted by molar-refractivity contribution is -0.137. The third kappa shape index (κ3) is 3.27. The van der Waals surface area contributed by atoms with Gasteiger partial charge in [-0.1, -0.05) is 19.1 Å². The maximum absolute atomic E-state index is 10.6. The van der Waals surface area contributed by atoms with E-state index >= 15 is 0 Å². The first kappa shape index (κ1) is 11.6. The van der Waals surface area contributed by atoms with Crippen molar-refractivity contribution in [1.82, 2.24) is 0 Å². The van der Waals surface area contributed by atoms with Gasteiger partial charge in [0.15, 0.2) is 0 Å². The Bertz CT molecular complexity index is 316. The maximum atomic E-state index is 10.6. The Hall–Kier alpha value is -1.51. The van der Waals surface area contributed by atoms with Crippen molar-refractivity contribution in [1.29, 1.82) is 0 Å². The molecule has 0 amide bonds. The summed E-state index contributed by atoms with van der Waals surface area (Å²) in [5, 5.41) is 8.75. The van der Waals surface area contributed by atoms with E-state index in [1.807, 2.05) is 31.2 Å². The van der Waals surface area contributed by atoms with Gasteiger partial charge in [-0.05, 0) is 30.0 Å². The van der Waals surface area contributed by atoms with Gasteiger partial charge in [-0.15, -0.1) is 0 Å². The van der Waals surface area contributed by atoms with Crippen LogP contribution in [0.4, 0.5) is 0 Å². The number of carbonyl (C=O) groups is 1. The van der Waals surface area contributed by atoms with Crippen LogP contribution in [-0.4, -0.2) is 18.2 Å². The number of methoxy groups -OCH3 is 1. The first-order valence-corrected chi connectivity index (χ1v) is 5.03. The van der Waals surface area contributed by atoms with Crippen LogP contribution in [0.3, 0.4) is 0 Å². The Morgan fingerprint density at radius 2 is 2.00 bits per heavy atom. The number of ether oxygens (including phenoxy) is 1. The molecule has 0 bridgehead atoms. The number of aliphatic carboxylic acids is 1. The molecule has 0 saturated carbocycles. The number of carboxylic acids is 1. The summed E-state index contributed by atoms with van der Waals surface area (Å²) < 4.78 is 5.05. The Balaban J connectivity index is 2.78. The zero-order valence-electron chi connectivity index (χ0n) is 9.06. The number of hydrogen-bond donors (Lipinski definition) is 1. The number of benzene rings is 1. The average Bonchev–Trinajstić information content (AvgIpc) is 2.26. The summed E-state index contributed by atoms with van der Waals surface area (Å²) in [7, 11) is 1.61. The van der Waals surface area contributed by atoms with Crippen LogP contribution in [0.15, 0.2) is 24.3 Å². The van der Waals surface area contributed by atoms with Crippen LogP contribution in [0, 0.1) is 0 Å². The zero-order valence-corrected chi connectivity index (χ0v) is 9.06. The van der Waals surface area contributed by atoms with Crippen molar-refractivity contribution in [3.63, 3.8) is 0 Å². The molecule has 0 fully saturated rings. The molecule has 0 aliphatic heterocycles. The van der Waals surface area contributed by atoms with E-state index in [0.29, 0.717) is 0 Å². The molecule has 0 spiro atoms. The average molecular weight is 208 g/mol. The van der Waals surface area contributed by atoms with Crippen molar-refractivity contribution in [2.24, 2.45) is 0 Å². The van der Waals surface area contributed by atoms with Gasteiger partial charge < -0.3 is 9.84 Å². The van der Waals surface area contributed by atoms with E-state index in [-0.39, 0.29) is 12.3 Å². The predicted octanol–water partition coefficient (Wildman–Crippen LogP) is 2.66. The van der Waals surface area contributed by atoms with Gasteiger partial charge >= 0.3 is 5.97 Å². The molecule has 3 heteroatoms. The quantitative estimate of drug-likeness (QED) is 0.809. The van der Waals surface area contributed by atoms with Crippen molar-refractivity contribution < 1.29 is 14.6 Å². The highest BCUT2D eigenvalue weighted by Crippen LogP contribution is 2.24. The van der Waals surface area contributed by atoms with Crippen LogP contribution in [-0.2, 0) is 4.79 Å². The Kier molecular flexibility index (Phi) is 4.16. The van der Waals surface area contributed by atoms with Crippen molar-refractivity contribution in [2.45, 2.75) is 25.7 Å². The van der Waals surface area contributed by atoms with Crippen molar-refractivity contribution in [2.75, 3.05) is 7.11 Å². The fourth-order valence-electron chi connectivity index (χ4n) is 1.58. The highest BCUT2D eigenvalue weighted by atomic mass is 16.5. The Morgan fingerprint density at radius 3 is 2.40 bits per heavy atom. The highest BCUT2D eigenvalue weighted by Gasteiger charge is 2.13. The standard InChI is InChI=1S/C12H16O3/c1-3-9(8-12(13)14)10-4-6-11(15-2)7-5-10/h4-7,9H,3,8H2,1-2H3,(H,13,14). The van der Waals surface area contributed by atoms with Gasteiger partial charge in [0.05, 0.1) is 13.5 Å². The molecule has 0 saturated heterocycles. The second-order valence-electron chi connectivity index (χ2n) is 3.48. The van der Waals surface area contributed by atoms with Crippen LogP contribution < -0.4 is 4.74 Å². The van der Waals surface area contributed by atoms with Crippen molar-refractivity contribution in [3.05, 3.63) is 29.8 Å². The molecule has 0 aliphatic carbocycles. The van der Waals surface area contributed by atoms with Gasteiger partial charge in [0.1, 0.15) is 5.75 Å². The second kappa shape index (κ2) is 5.39. The van der Waals surface area contributed by atoms with E-state index in [1.165, 1.54) is 0 Å². The lowest BCUT2D eigenvalue weighted by Gasteiger charge is -2.13. The highest BCUT2D eigenvalue weighted by molar-refractivity contribution is 5.68. The summed E-state index contributed by atoms with van der Waals surface area (Å²) in [5.41, 5.74) is 1.06. The van der Waals surface area contributed by atoms with E-state index in [9.17, 15) is 4.79 Å². The summed E-state index contributed by atoms with van der Waals surface area (Å²) in [4.78, 5) is 10.6. The SMILES string of the molecule is CCC(CC(=O)O)c1ccc(OC)cc1. The largest absolute Gasteiger partial charge is 0.497 e. The molecular formula is C12H16O3. The van der Waals surface area contributed by atoms with E-state index in [1.54, 1.807) is 7.11 Å². The van der Waals surface area contributed by atoms with Gasteiger partial charge in [-0.25, -0.2) is 0 Å². The van der Waals surface area contributed by atoms with Crippen molar-refractivity contribution >= 4 is 5.97 Å². The first-order valence-electron chi connectivity index (χ1n) is 5.03. The van der Waals surface area contributed by atoms with E-state index in [0.717, 1.165) is 17.7 Å². The normalized spacial score (nSPS) is 12.1. The zero-order chi connectivity index (χ0) is 11.3. The molecule has 0 heterocycles. The minimum atomic E-state index is -0.752. The maximum Gasteiger partial charge on any atom is 0.303 e. The van der Waals surface area contributed by atoms with Gasteiger partial charge in [0, 0.05) is 0 Å². The summed E-state index contributed by atoms with van der Waals surface area (Å²) in [6, 6.07) is 7.57. The summed E-state index contributed by atoms with van der Waals surface area (Å²) in [6.07, 6.45) is 1.02. The lowest BCUT2D eigenvalue weighted by atomic mass is 9.93. The van der Waals surface area contributed by atoms with Gasteiger partial charge in [0.25, 0.3) is 0 Å². The van der Waals surface area contributed by atoms with E-state index < -0.39 is 5.97 Å². The molecule has 0 aliphatic rings. The van der Waals surface area contributed by atoms with Crippen LogP contribution in [0.25, 0.3) is 0 Å². The molecule has 1 aromatic carbocycles. The minimum absolute atomic E-state index is 0.0911. The molecule has 1 aromatic rings. The molecule has 0 aromatic heterocycles. The van der Waals surface area contributed by atoms with Crippen LogP contribution in [0.2, 0.25) is 0 Å². The number of carboxylic acid groups (broad SMARTS) is 1. The van der Waals surface area contributed by atoms with E-state index in [4.69, 9.17) is 9.84 Å². The van der Waals surface area contributed by atoms with Gasteiger partial charge in [-0.3, -0.25) is 4.79 Å². The van der Waals surface area contributed by atoms with E-state index in [2.05, 4.69) is 0 Å². The number of rotatable bonds is 5. The summed E-state index contributed by atoms with van der Waals surface area (Å²) in [5.74, 6) is 0.134. The molecule has 3 nitrogen and oxygen atoms in total. The molecule has 1 atom stereocenters. The molecule has 1 unspecified atom stereocenters. The third-order valence-electron chi connectivity index (χ3n) is 2.50.